The summed E-state index contributed by atoms with van der Waals surface area (Å²) in [6.45, 7) is 8.25. The number of aromatic nitrogens is 1. The highest BCUT2D eigenvalue weighted by Crippen LogP contribution is 2.35. The summed E-state index contributed by atoms with van der Waals surface area (Å²) >= 11 is 6.33. The predicted octanol–water partition coefficient (Wildman–Crippen LogP) is 3.80. The van der Waals surface area contributed by atoms with Gasteiger partial charge in [-0.15, -0.1) is 0 Å². The molecular weight excluding hydrogens is 396 g/mol. The van der Waals surface area contributed by atoms with Crippen LogP contribution in [-0.4, -0.2) is 48.9 Å². The number of hydrogen-bond donors (Lipinski definition) is 3. The van der Waals surface area contributed by atoms with Gasteiger partial charge in [0.05, 0.1) is 11.2 Å². The van der Waals surface area contributed by atoms with Gasteiger partial charge in [-0.3, -0.25) is 4.79 Å². The van der Waals surface area contributed by atoms with Crippen molar-refractivity contribution >= 4 is 45.9 Å². The Morgan fingerprint density at radius 2 is 1.86 bits per heavy atom. The highest BCUT2D eigenvalue weighted by Gasteiger charge is 2.17. The molecule has 1 aromatic heterocycles. The summed E-state index contributed by atoms with van der Waals surface area (Å²) in [4.78, 5) is 28.3. The van der Waals surface area contributed by atoms with E-state index in [1.807, 2.05) is 31.2 Å². The topological polar surface area (TPSA) is 102 Å². The summed E-state index contributed by atoms with van der Waals surface area (Å²) in [5.41, 5.74) is 1.11. The Labute approximate surface area is 175 Å². The summed E-state index contributed by atoms with van der Waals surface area (Å²) in [6.07, 6.45) is -0.498. The van der Waals surface area contributed by atoms with Crippen LogP contribution in [0, 0.1) is 0 Å². The van der Waals surface area contributed by atoms with Crippen LogP contribution in [0.5, 0.6) is 0 Å². The Kier molecular flexibility index (Phi) is 8.04. The lowest BCUT2D eigenvalue weighted by Gasteiger charge is -2.20. The van der Waals surface area contributed by atoms with Gasteiger partial charge in [-0.2, -0.15) is 0 Å². The van der Waals surface area contributed by atoms with Gasteiger partial charge in [-0.25, -0.2) is 9.78 Å². The fourth-order valence-corrected chi connectivity index (χ4v) is 2.75. The molecule has 0 spiro atoms. The van der Waals surface area contributed by atoms with Crippen LogP contribution >= 0.6 is 11.6 Å². The lowest BCUT2D eigenvalue weighted by atomic mass is 10.1. The van der Waals surface area contributed by atoms with E-state index >= 15 is 0 Å². The summed E-state index contributed by atoms with van der Waals surface area (Å²) in [7, 11) is 0. The van der Waals surface area contributed by atoms with Crippen LogP contribution < -0.4 is 16.0 Å². The number of nitrogens with one attached hydrogen (secondary N) is 3. The molecule has 2 amide bonds. The van der Waals surface area contributed by atoms with Crippen LogP contribution in [0.2, 0.25) is 5.15 Å². The number of para-hydroxylation sites is 1. The van der Waals surface area contributed by atoms with Crippen LogP contribution in [0.15, 0.2) is 24.3 Å². The Morgan fingerprint density at radius 3 is 2.55 bits per heavy atom. The standard InChI is InChI=1S/C20H27ClN4O4/c1-5-28-12-15(26)25-17-16(13-8-6-7-9-14(13)24-18(17)21)22-10-11-23-19(27)29-20(2,3)4/h6-9H,5,10-12H2,1-4H3,(H,22,24)(H,23,27)(H,25,26). The molecule has 0 unspecified atom stereocenters. The Balaban J connectivity index is 2.15. The monoisotopic (exact) mass is 422 g/mol. The van der Waals surface area contributed by atoms with Crippen LogP contribution in [0.1, 0.15) is 27.7 Å². The molecule has 29 heavy (non-hydrogen) atoms. The quantitative estimate of drug-likeness (QED) is 0.441. The normalized spacial score (nSPS) is 11.2. The lowest BCUT2D eigenvalue weighted by molar-refractivity contribution is -0.120. The third-order valence-electron chi connectivity index (χ3n) is 3.64. The van der Waals surface area contributed by atoms with Crippen LogP contribution in [0.3, 0.4) is 0 Å². The fraction of sp³-hybridized carbons (Fsp3) is 0.450. The largest absolute Gasteiger partial charge is 0.444 e. The molecule has 0 atom stereocenters. The Morgan fingerprint density at radius 1 is 1.14 bits per heavy atom. The molecule has 0 saturated heterocycles. The molecule has 2 aromatic rings. The molecule has 9 heteroatoms. The molecule has 0 aliphatic carbocycles. The molecule has 2 rings (SSSR count). The van der Waals surface area contributed by atoms with Gasteiger partial charge in [-0.1, -0.05) is 29.8 Å². The van der Waals surface area contributed by atoms with E-state index in [4.69, 9.17) is 21.1 Å². The van der Waals surface area contributed by atoms with Gasteiger partial charge in [0.25, 0.3) is 5.91 Å². The van der Waals surface area contributed by atoms with E-state index in [2.05, 4.69) is 20.9 Å². The summed E-state index contributed by atoms with van der Waals surface area (Å²) < 4.78 is 10.4. The second-order valence-electron chi connectivity index (χ2n) is 7.21. The van der Waals surface area contributed by atoms with Crippen LogP contribution in [0.4, 0.5) is 16.2 Å². The fourth-order valence-electron chi connectivity index (χ4n) is 2.52. The number of pyridine rings is 1. The summed E-state index contributed by atoms with van der Waals surface area (Å²) in [6, 6.07) is 7.43. The number of alkyl carbamates (subject to hydrolysis) is 1. The first kappa shape index (κ1) is 22.7. The molecule has 1 heterocycles. The van der Waals surface area contributed by atoms with Gasteiger partial charge in [0, 0.05) is 25.1 Å². The van der Waals surface area contributed by atoms with E-state index in [-0.39, 0.29) is 17.7 Å². The number of benzene rings is 1. The summed E-state index contributed by atoms with van der Waals surface area (Å²) in [5.74, 6) is -0.333. The number of anilines is 2. The minimum Gasteiger partial charge on any atom is -0.444 e. The average molecular weight is 423 g/mol. The van der Waals surface area contributed by atoms with Crippen molar-refractivity contribution in [1.82, 2.24) is 10.3 Å². The van der Waals surface area contributed by atoms with Gasteiger partial charge >= 0.3 is 6.09 Å². The number of carbonyl (C=O) groups is 2. The molecular formula is C20H27ClN4O4. The van der Waals surface area contributed by atoms with Crippen molar-refractivity contribution in [1.29, 1.82) is 0 Å². The smallest absolute Gasteiger partial charge is 0.407 e. The van der Waals surface area contributed by atoms with Gasteiger partial charge in [0.15, 0.2) is 5.15 Å². The highest BCUT2D eigenvalue weighted by atomic mass is 35.5. The predicted molar refractivity (Wildman–Crippen MR) is 115 cm³/mol. The van der Waals surface area contributed by atoms with E-state index in [9.17, 15) is 9.59 Å². The van der Waals surface area contributed by atoms with E-state index in [1.165, 1.54) is 0 Å². The van der Waals surface area contributed by atoms with E-state index in [1.54, 1.807) is 20.8 Å². The van der Waals surface area contributed by atoms with Crippen molar-refractivity contribution in [3.63, 3.8) is 0 Å². The molecule has 1 aromatic carbocycles. The van der Waals surface area contributed by atoms with Crippen molar-refractivity contribution in [2.45, 2.75) is 33.3 Å². The zero-order valence-corrected chi connectivity index (χ0v) is 17.9. The van der Waals surface area contributed by atoms with E-state index < -0.39 is 11.7 Å². The molecule has 8 nitrogen and oxygen atoms in total. The number of halogens is 1. The second kappa shape index (κ2) is 10.3. The molecule has 0 aliphatic rings. The minimum atomic E-state index is -0.565. The highest BCUT2D eigenvalue weighted by molar-refractivity contribution is 6.34. The molecule has 0 radical (unpaired) electrons. The zero-order valence-electron chi connectivity index (χ0n) is 17.1. The van der Waals surface area contributed by atoms with Gasteiger partial charge in [0.2, 0.25) is 0 Å². The van der Waals surface area contributed by atoms with Crippen LogP contribution in [0.25, 0.3) is 10.9 Å². The molecule has 3 N–H and O–H groups in total. The maximum atomic E-state index is 12.1. The maximum absolute atomic E-state index is 12.1. The van der Waals surface area contributed by atoms with Crippen molar-refractivity contribution in [2.24, 2.45) is 0 Å². The number of carbonyl (C=O) groups excluding carboxylic acids is 2. The molecule has 0 aliphatic heterocycles. The van der Waals surface area contributed by atoms with Crippen molar-refractivity contribution in [3.8, 4) is 0 Å². The van der Waals surface area contributed by atoms with Gasteiger partial charge in [0.1, 0.15) is 17.9 Å². The number of nitrogens with zero attached hydrogens (tertiary/aromatic N) is 1. The first-order chi connectivity index (χ1) is 13.7. The average Bonchev–Trinajstić information content (AvgIpc) is 2.64. The summed E-state index contributed by atoms with van der Waals surface area (Å²) in [5, 5.41) is 9.62. The van der Waals surface area contributed by atoms with Crippen LogP contribution in [-0.2, 0) is 14.3 Å². The third kappa shape index (κ3) is 7.07. The van der Waals surface area contributed by atoms with Gasteiger partial charge < -0.3 is 25.4 Å². The number of rotatable bonds is 8. The number of amides is 2. The maximum Gasteiger partial charge on any atom is 0.407 e. The van der Waals surface area contributed by atoms with E-state index in [0.29, 0.717) is 36.6 Å². The van der Waals surface area contributed by atoms with E-state index in [0.717, 1.165) is 5.39 Å². The molecule has 158 valence electrons. The number of fused-ring (bicyclic) bond motifs is 1. The lowest BCUT2D eigenvalue weighted by Crippen LogP contribution is -2.35. The Bertz CT molecular complexity index is 867. The van der Waals surface area contributed by atoms with Gasteiger partial charge in [-0.05, 0) is 33.8 Å². The minimum absolute atomic E-state index is 0.0840. The number of hydrogen-bond acceptors (Lipinski definition) is 6. The van der Waals surface area contributed by atoms with Crippen molar-refractivity contribution < 1.29 is 19.1 Å². The Hall–Kier alpha value is -2.58. The zero-order chi connectivity index (χ0) is 21.4. The number of ether oxygens (including phenoxy) is 2. The first-order valence-corrected chi connectivity index (χ1v) is 9.75. The van der Waals surface area contributed by atoms with Crippen molar-refractivity contribution in [2.75, 3.05) is 36.9 Å². The third-order valence-corrected chi connectivity index (χ3v) is 3.92. The first-order valence-electron chi connectivity index (χ1n) is 9.38. The van der Waals surface area contributed by atoms with Crippen molar-refractivity contribution in [3.05, 3.63) is 29.4 Å². The molecule has 0 fully saturated rings. The second-order valence-corrected chi connectivity index (χ2v) is 7.57. The molecule has 0 bridgehead atoms. The SMILES string of the molecule is CCOCC(=O)Nc1c(Cl)nc2ccccc2c1NCCNC(=O)OC(C)(C)C. The molecule has 0 saturated carbocycles.